The number of carbonyl (C=O) groups is 1. The summed E-state index contributed by atoms with van der Waals surface area (Å²) in [5.41, 5.74) is 6.26. The highest BCUT2D eigenvalue weighted by molar-refractivity contribution is 5.89. The van der Waals surface area contributed by atoms with Gasteiger partial charge in [-0.25, -0.2) is 9.97 Å². The van der Waals surface area contributed by atoms with E-state index in [-0.39, 0.29) is 23.5 Å². The number of nitrogens with zero attached hydrogens (tertiary/aromatic N) is 3. The van der Waals surface area contributed by atoms with Gasteiger partial charge in [0.15, 0.2) is 0 Å². The van der Waals surface area contributed by atoms with Gasteiger partial charge >= 0.3 is 0 Å². The van der Waals surface area contributed by atoms with Gasteiger partial charge in [-0.1, -0.05) is 13.8 Å². The topological polar surface area (TPSA) is 93.4 Å². The van der Waals surface area contributed by atoms with Crippen LogP contribution in [0.3, 0.4) is 0 Å². The molecule has 3 rings (SSSR count). The molecule has 3 N–H and O–H groups in total. The van der Waals surface area contributed by atoms with Crippen LogP contribution >= 0.6 is 0 Å². The molecule has 2 heterocycles. The fourth-order valence-electron chi connectivity index (χ4n) is 4.25. The quantitative estimate of drug-likeness (QED) is 0.814. The van der Waals surface area contributed by atoms with Crippen molar-refractivity contribution >= 4 is 11.7 Å². The highest BCUT2D eigenvalue weighted by atomic mass is 16.5. The number of hydrogen-bond acceptors (Lipinski definition) is 6. The van der Waals surface area contributed by atoms with Crippen LogP contribution in [0.4, 0.5) is 5.82 Å². The number of piperidine rings is 1. The van der Waals surface area contributed by atoms with Crippen LogP contribution in [0.15, 0.2) is 6.07 Å². The summed E-state index contributed by atoms with van der Waals surface area (Å²) < 4.78 is 5.73. The molecule has 2 unspecified atom stereocenters. The number of ether oxygens (including phenoxy) is 1. The Balaban J connectivity index is 1.56. The van der Waals surface area contributed by atoms with Gasteiger partial charge in [-0.15, -0.1) is 0 Å². The van der Waals surface area contributed by atoms with E-state index in [1.54, 1.807) is 0 Å². The van der Waals surface area contributed by atoms with Crippen LogP contribution in [0.5, 0.6) is 0 Å². The molecule has 1 saturated heterocycles. The summed E-state index contributed by atoms with van der Waals surface area (Å²) in [5, 5.41) is 3.20. The van der Waals surface area contributed by atoms with E-state index in [9.17, 15) is 4.79 Å². The standard InChI is InChI=1S/C20H33N5O2/c1-6-27-16-12-20(21,19(16,4)5)18(26)24-15-7-9-25(10-8-15)17-11-13(2)22-14(3)23-17/h11,15-16H,6-10,12,21H2,1-5H3,(H,24,26). The zero-order valence-electron chi connectivity index (χ0n) is 17.2. The predicted octanol–water partition coefficient (Wildman–Crippen LogP) is 1.71. The van der Waals surface area contributed by atoms with E-state index in [1.807, 2.05) is 40.7 Å². The minimum Gasteiger partial charge on any atom is -0.378 e. The van der Waals surface area contributed by atoms with Crippen LogP contribution in [0.1, 0.15) is 51.6 Å². The molecule has 150 valence electrons. The Hall–Kier alpha value is -1.73. The lowest BCUT2D eigenvalue weighted by Gasteiger charge is -2.57. The number of anilines is 1. The number of amides is 1. The molecule has 2 aliphatic rings. The third kappa shape index (κ3) is 3.67. The normalized spacial score (nSPS) is 27.9. The van der Waals surface area contributed by atoms with Gasteiger partial charge in [-0.05, 0) is 33.6 Å². The second-order valence-corrected chi connectivity index (χ2v) is 8.49. The Bertz CT molecular complexity index is 679. The number of nitrogens with two attached hydrogens (primary N) is 1. The average molecular weight is 376 g/mol. The van der Waals surface area contributed by atoms with Crippen molar-refractivity contribution in [1.29, 1.82) is 0 Å². The summed E-state index contributed by atoms with van der Waals surface area (Å²) in [4.78, 5) is 24.0. The number of hydrogen-bond donors (Lipinski definition) is 2. The number of aryl methyl sites for hydroxylation is 2. The molecule has 1 aliphatic heterocycles. The number of carbonyl (C=O) groups excluding carboxylic acids is 1. The van der Waals surface area contributed by atoms with Crippen molar-refractivity contribution in [2.75, 3.05) is 24.6 Å². The van der Waals surface area contributed by atoms with Crippen LogP contribution < -0.4 is 16.0 Å². The molecule has 1 aromatic rings. The molecule has 1 saturated carbocycles. The number of rotatable bonds is 5. The first-order chi connectivity index (χ1) is 12.7. The molecule has 2 atom stereocenters. The minimum absolute atomic E-state index is 0.0457. The van der Waals surface area contributed by atoms with Crippen LogP contribution in [-0.2, 0) is 9.53 Å². The first-order valence-electron chi connectivity index (χ1n) is 9.96. The Kier molecular flexibility index (Phi) is 5.45. The van der Waals surface area contributed by atoms with Gasteiger partial charge in [0.1, 0.15) is 17.2 Å². The van der Waals surface area contributed by atoms with Gasteiger partial charge in [-0.2, -0.15) is 0 Å². The van der Waals surface area contributed by atoms with Crippen molar-refractivity contribution in [3.05, 3.63) is 17.6 Å². The maximum Gasteiger partial charge on any atom is 0.241 e. The van der Waals surface area contributed by atoms with Crippen LogP contribution in [0, 0.1) is 19.3 Å². The molecule has 7 nitrogen and oxygen atoms in total. The van der Waals surface area contributed by atoms with Crippen LogP contribution in [0.25, 0.3) is 0 Å². The minimum atomic E-state index is -0.856. The largest absolute Gasteiger partial charge is 0.378 e. The Morgan fingerprint density at radius 3 is 2.56 bits per heavy atom. The lowest BCUT2D eigenvalue weighted by molar-refractivity contribution is -0.171. The monoisotopic (exact) mass is 375 g/mol. The third-order valence-electron chi connectivity index (χ3n) is 6.34. The number of aromatic nitrogens is 2. The van der Waals surface area contributed by atoms with E-state index >= 15 is 0 Å². The second-order valence-electron chi connectivity index (χ2n) is 8.49. The summed E-state index contributed by atoms with van der Waals surface area (Å²) in [7, 11) is 0. The van der Waals surface area contributed by atoms with E-state index in [1.165, 1.54) is 0 Å². The first-order valence-corrected chi connectivity index (χ1v) is 9.96. The van der Waals surface area contributed by atoms with E-state index in [4.69, 9.17) is 10.5 Å². The molecule has 1 amide bonds. The van der Waals surface area contributed by atoms with Crippen molar-refractivity contribution in [3.63, 3.8) is 0 Å². The summed E-state index contributed by atoms with van der Waals surface area (Å²) in [6.07, 6.45) is 2.40. The molecule has 1 aromatic heterocycles. The molecule has 0 bridgehead atoms. The molecular weight excluding hydrogens is 342 g/mol. The molecule has 1 aliphatic carbocycles. The Morgan fingerprint density at radius 1 is 1.33 bits per heavy atom. The molecule has 0 spiro atoms. The van der Waals surface area contributed by atoms with Gasteiger partial charge in [-0.3, -0.25) is 4.79 Å². The predicted molar refractivity (Wildman–Crippen MR) is 106 cm³/mol. The van der Waals surface area contributed by atoms with Gasteiger partial charge in [0.05, 0.1) is 6.10 Å². The van der Waals surface area contributed by atoms with Gasteiger partial charge in [0.2, 0.25) is 5.91 Å². The SMILES string of the molecule is CCOC1CC(N)(C(=O)NC2CCN(c3cc(C)nc(C)n3)CC2)C1(C)C. The van der Waals surface area contributed by atoms with Gasteiger partial charge < -0.3 is 20.7 Å². The van der Waals surface area contributed by atoms with Crippen molar-refractivity contribution < 1.29 is 9.53 Å². The lowest BCUT2D eigenvalue weighted by atomic mass is 9.54. The van der Waals surface area contributed by atoms with E-state index in [0.717, 1.165) is 43.3 Å². The van der Waals surface area contributed by atoms with E-state index in [0.29, 0.717) is 13.0 Å². The number of nitrogens with one attached hydrogen (secondary N) is 1. The summed E-state index contributed by atoms with van der Waals surface area (Å²) in [6.45, 7) is 12.3. The smallest absolute Gasteiger partial charge is 0.241 e. The summed E-state index contributed by atoms with van der Waals surface area (Å²) in [6, 6.07) is 2.17. The average Bonchev–Trinajstić information content (AvgIpc) is 2.61. The van der Waals surface area contributed by atoms with Crippen molar-refractivity contribution in [2.24, 2.45) is 11.1 Å². The van der Waals surface area contributed by atoms with E-state index < -0.39 is 5.54 Å². The third-order valence-corrected chi connectivity index (χ3v) is 6.34. The lowest BCUT2D eigenvalue weighted by Crippen LogP contribution is -2.76. The van der Waals surface area contributed by atoms with Gasteiger partial charge in [0, 0.05) is 49.3 Å². The maximum atomic E-state index is 12.9. The Morgan fingerprint density at radius 2 is 2.00 bits per heavy atom. The molecule has 2 fully saturated rings. The molecular formula is C20H33N5O2. The highest BCUT2D eigenvalue weighted by Crippen LogP contribution is 2.49. The maximum absolute atomic E-state index is 12.9. The molecule has 27 heavy (non-hydrogen) atoms. The van der Waals surface area contributed by atoms with Gasteiger partial charge in [0.25, 0.3) is 0 Å². The summed E-state index contributed by atoms with van der Waals surface area (Å²) >= 11 is 0. The Labute approximate surface area is 162 Å². The fourth-order valence-corrected chi connectivity index (χ4v) is 4.25. The molecule has 0 radical (unpaired) electrons. The summed E-state index contributed by atoms with van der Waals surface area (Å²) in [5.74, 6) is 1.72. The first kappa shape index (κ1) is 20.0. The highest BCUT2D eigenvalue weighted by Gasteiger charge is 2.63. The van der Waals surface area contributed by atoms with Crippen LogP contribution in [-0.4, -0.2) is 53.3 Å². The van der Waals surface area contributed by atoms with Crippen molar-refractivity contribution in [1.82, 2.24) is 15.3 Å². The second kappa shape index (κ2) is 7.36. The van der Waals surface area contributed by atoms with E-state index in [2.05, 4.69) is 20.2 Å². The fraction of sp³-hybridized carbons (Fsp3) is 0.750. The van der Waals surface area contributed by atoms with Crippen molar-refractivity contribution in [2.45, 2.75) is 71.6 Å². The van der Waals surface area contributed by atoms with Crippen molar-refractivity contribution in [3.8, 4) is 0 Å². The van der Waals surface area contributed by atoms with Crippen LogP contribution in [0.2, 0.25) is 0 Å². The molecule has 0 aromatic carbocycles. The molecule has 7 heteroatoms. The zero-order valence-corrected chi connectivity index (χ0v) is 17.2. The zero-order chi connectivity index (χ0) is 19.8.